The summed E-state index contributed by atoms with van der Waals surface area (Å²) in [6.45, 7) is 2.19. The number of rotatable bonds is 4. The van der Waals surface area contributed by atoms with Gasteiger partial charge in [0.25, 0.3) is 0 Å². The molecule has 2 aromatic rings. The van der Waals surface area contributed by atoms with E-state index in [9.17, 15) is 0 Å². The summed E-state index contributed by atoms with van der Waals surface area (Å²) in [7, 11) is 1.66. The molecule has 2 aliphatic heterocycles. The molecule has 4 rings (SSSR count). The van der Waals surface area contributed by atoms with Crippen LogP contribution in [0.1, 0.15) is 44.1 Å². The Labute approximate surface area is 144 Å². The molecule has 2 fully saturated rings. The fourth-order valence-electron chi connectivity index (χ4n) is 4.78. The van der Waals surface area contributed by atoms with Gasteiger partial charge in [-0.1, -0.05) is 54.5 Å². The summed E-state index contributed by atoms with van der Waals surface area (Å²) >= 11 is 0. The average molecular weight is 322 g/mol. The quantitative estimate of drug-likeness (QED) is 0.665. The van der Waals surface area contributed by atoms with Crippen LogP contribution in [-0.4, -0.2) is 24.9 Å². The Morgan fingerprint density at radius 3 is 2.79 bits per heavy atom. The predicted octanol–water partition coefficient (Wildman–Crippen LogP) is 4.48. The van der Waals surface area contributed by atoms with E-state index in [0.29, 0.717) is 23.9 Å². The highest BCUT2D eigenvalue weighted by Gasteiger charge is 2.44. The van der Waals surface area contributed by atoms with Crippen LogP contribution >= 0.6 is 0 Å². The molecule has 3 heteroatoms. The van der Waals surface area contributed by atoms with Crippen LogP contribution in [0.5, 0.6) is 0 Å². The van der Waals surface area contributed by atoms with Crippen LogP contribution in [0.15, 0.2) is 47.6 Å². The molecule has 1 unspecified atom stereocenters. The average Bonchev–Trinajstić information content (AvgIpc) is 3.01. The Morgan fingerprint density at radius 2 is 2.00 bits per heavy atom. The first-order chi connectivity index (χ1) is 11.8. The maximum Gasteiger partial charge on any atom is 0.106 e. The molecule has 126 valence electrons. The Bertz CT molecular complexity index is 754. The Hall–Kier alpha value is -1.87. The van der Waals surface area contributed by atoms with Crippen molar-refractivity contribution in [1.82, 2.24) is 5.32 Å². The number of piperidine rings is 1. The predicted molar refractivity (Wildman–Crippen MR) is 99.5 cm³/mol. The molecular formula is C21H26N2O. The Kier molecular flexibility index (Phi) is 4.28. The molecule has 0 aliphatic carbocycles. The zero-order valence-corrected chi connectivity index (χ0v) is 14.5. The number of nitrogens with zero attached hydrogens (tertiary/aromatic N) is 1. The van der Waals surface area contributed by atoms with Crippen molar-refractivity contribution in [1.29, 1.82) is 0 Å². The van der Waals surface area contributed by atoms with Gasteiger partial charge < -0.3 is 10.2 Å². The van der Waals surface area contributed by atoms with Gasteiger partial charge in [0.15, 0.2) is 0 Å². The summed E-state index contributed by atoms with van der Waals surface area (Å²) < 4.78 is 0. The Balaban J connectivity index is 1.75. The van der Waals surface area contributed by atoms with E-state index in [2.05, 4.69) is 59.9 Å². The molecule has 2 aromatic carbocycles. The van der Waals surface area contributed by atoms with Crippen LogP contribution < -0.4 is 5.32 Å². The minimum atomic E-state index is 0.440. The monoisotopic (exact) mass is 322 g/mol. The number of hydrogen-bond acceptors (Lipinski definition) is 3. The molecule has 2 saturated heterocycles. The normalized spacial score (nSPS) is 29.8. The lowest BCUT2D eigenvalue weighted by Crippen LogP contribution is -2.47. The van der Waals surface area contributed by atoms with Crippen molar-refractivity contribution in [2.75, 3.05) is 7.11 Å². The minimum absolute atomic E-state index is 0.440. The van der Waals surface area contributed by atoms with Crippen LogP contribution in [0.25, 0.3) is 10.8 Å². The van der Waals surface area contributed by atoms with Gasteiger partial charge in [0.05, 0.1) is 5.71 Å². The number of fused-ring (bicyclic) bond motifs is 3. The number of nitrogens with one attached hydrogen (secondary N) is 1. The number of hydrogen-bond donors (Lipinski definition) is 1. The molecular weight excluding hydrogens is 296 g/mol. The van der Waals surface area contributed by atoms with E-state index >= 15 is 0 Å². The Morgan fingerprint density at radius 1 is 1.17 bits per heavy atom. The van der Waals surface area contributed by atoms with Crippen molar-refractivity contribution in [2.45, 2.75) is 50.6 Å². The summed E-state index contributed by atoms with van der Waals surface area (Å²) in [5.41, 5.74) is 2.66. The third-order valence-electron chi connectivity index (χ3n) is 5.84. The maximum absolute atomic E-state index is 5.17. The fraction of sp³-hybridized carbons (Fsp3) is 0.476. The first-order valence-corrected chi connectivity index (χ1v) is 9.14. The number of oxime groups is 1. The van der Waals surface area contributed by atoms with E-state index in [0.717, 1.165) is 6.42 Å². The summed E-state index contributed by atoms with van der Waals surface area (Å²) in [4.78, 5) is 5.17. The van der Waals surface area contributed by atoms with Gasteiger partial charge in [-0.25, -0.2) is 0 Å². The summed E-state index contributed by atoms with van der Waals surface area (Å²) in [5.74, 6) is 0.970. The third-order valence-corrected chi connectivity index (χ3v) is 5.84. The van der Waals surface area contributed by atoms with Crippen molar-refractivity contribution in [3.8, 4) is 0 Å². The largest absolute Gasteiger partial charge is 0.399 e. The smallest absolute Gasteiger partial charge is 0.106 e. The lowest BCUT2D eigenvalue weighted by atomic mass is 9.73. The van der Waals surface area contributed by atoms with Gasteiger partial charge in [-0.2, -0.15) is 0 Å². The van der Waals surface area contributed by atoms with Crippen LogP contribution in [0, 0.1) is 5.92 Å². The van der Waals surface area contributed by atoms with Gasteiger partial charge in [-0.05, 0) is 47.9 Å². The second-order valence-corrected chi connectivity index (χ2v) is 7.14. The van der Waals surface area contributed by atoms with E-state index in [1.165, 1.54) is 41.3 Å². The van der Waals surface area contributed by atoms with Gasteiger partial charge in [0.2, 0.25) is 0 Å². The molecule has 0 saturated carbocycles. The van der Waals surface area contributed by atoms with Crippen molar-refractivity contribution < 1.29 is 4.84 Å². The molecule has 4 atom stereocenters. The lowest BCUT2D eigenvalue weighted by molar-refractivity contribution is 0.204. The molecule has 0 aromatic heterocycles. The molecule has 0 amide bonds. The van der Waals surface area contributed by atoms with Crippen LogP contribution in [0.4, 0.5) is 0 Å². The van der Waals surface area contributed by atoms with Crippen molar-refractivity contribution in [3.63, 3.8) is 0 Å². The highest BCUT2D eigenvalue weighted by atomic mass is 16.6. The second-order valence-electron chi connectivity index (χ2n) is 7.14. The molecule has 24 heavy (non-hydrogen) atoms. The van der Waals surface area contributed by atoms with Gasteiger partial charge in [0.1, 0.15) is 7.11 Å². The van der Waals surface area contributed by atoms with E-state index in [-0.39, 0.29) is 0 Å². The summed E-state index contributed by atoms with van der Waals surface area (Å²) in [6.07, 6.45) is 4.69. The van der Waals surface area contributed by atoms with Crippen molar-refractivity contribution >= 4 is 16.5 Å². The molecule has 3 nitrogen and oxygen atoms in total. The minimum Gasteiger partial charge on any atom is -0.399 e. The van der Waals surface area contributed by atoms with Gasteiger partial charge in [-0.15, -0.1) is 0 Å². The van der Waals surface area contributed by atoms with E-state index in [1.807, 2.05) is 0 Å². The van der Waals surface area contributed by atoms with Gasteiger partial charge >= 0.3 is 0 Å². The first kappa shape index (κ1) is 15.6. The van der Waals surface area contributed by atoms with Crippen molar-refractivity contribution in [3.05, 3.63) is 48.0 Å². The molecule has 2 bridgehead atoms. The maximum atomic E-state index is 5.17. The topological polar surface area (TPSA) is 33.6 Å². The van der Waals surface area contributed by atoms with E-state index in [4.69, 9.17) is 4.84 Å². The van der Waals surface area contributed by atoms with Gasteiger partial charge in [-0.3, -0.25) is 0 Å². The van der Waals surface area contributed by atoms with Crippen LogP contribution in [0.2, 0.25) is 0 Å². The lowest BCUT2D eigenvalue weighted by Gasteiger charge is -2.38. The zero-order valence-electron chi connectivity index (χ0n) is 14.5. The fourth-order valence-corrected chi connectivity index (χ4v) is 4.78. The molecule has 0 radical (unpaired) electrons. The molecule has 1 N–H and O–H groups in total. The standard InChI is InChI=1S/C21H26N2O/c1-3-19(23-24-2)21-18(13-17-10-11-20(21)22-17)16-9-8-14-6-4-5-7-15(14)12-16/h4-9,12,17-18,20-22H,3,10-11,13H2,1-2H3/t17?,18-,20+,21-/m1/s1. The summed E-state index contributed by atoms with van der Waals surface area (Å²) in [5, 5.41) is 10.9. The van der Waals surface area contributed by atoms with Crippen molar-refractivity contribution in [2.24, 2.45) is 11.1 Å². The third kappa shape index (κ3) is 2.71. The molecule has 0 spiro atoms. The SMILES string of the molecule is CCC(=NOC)[C@@H]1[C@@H]2CCC(C[C@@H]1c1ccc3ccccc3c1)N2. The zero-order chi connectivity index (χ0) is 16.5. The molecule has 2 aliphatic rings. The van der Waals surface area contributed by atoms with Crippen LogP contribution in [0.3, 0.4) is 0 Å². The van der Waals surface area contributed by atoms with E-state index in [1.54, 1.807) is 7.11 Å². The highest BCUT2D eigenvalue weighted by Crippen LogP contribution is 2.43. The first-order valence-electron chi connectivity index (χ1n) is 9.14. The highest BCUT2D eigenvalue weighted by molar-refractivity contribution is 5.88. The second kappa shape index (κ2) is 6.56. The van der Waals surface area contributed by atoms with Crippen LogP contribution in [-0.2, 0) is 4.84 Å². The van der Waals surface area contributed by atoms with Gasteiger partial charge in [0, 0.05) is 18.0 Å². The number of benzene rings is 2. The van der Waals surface area contributed by atoms with E-state index < -0.39 is 0 Å². The molecule has 2 heterocycles. The summed E-state index contributed by atoms with van der Waals surface area (Å²) in [6, 6.07) is 16.8.